The summed E-state index contributed by atoms with van der Waals surface area (Å²) in [6.07, 6.45) is 86.4. The maximum Gasteiger partial charge on any atom is 0.309 e. The second kappa shape index (κ2) is 61.1. The van der Waals surface area contributed by atoms with Crippen LogP contribution in [0.15, 0.2) is 134 Å². The van der Waals surface area contributed by atoms with Crippen LogP contribution in [0.4, 0.5) is 0 Å². The van der Waals surface area contributed by atoms with Gasteiger partial charge in [-0.05, 0) is 83.5 Å². The molecule has 0 radical (unpaired) electrons. The highest BCUT2D eigenvalue weighted by molar-refractivity contribution is 5.72. The number of carbonyl (C=O) groups is 3. The third-order valence-electron chi connectivity index (χ3n) is 12.4. The Morgan fingerprint density at radius 1 is 0.297 bits per heavy atom. The number of allylic oxidation sites excluding steroid dienone is 21. The highest BCUT2D eigenvalue weighted by atomic mass is 16.6. The van der Waals surface area contributed by atoms with Crippen LogP contribution in [0.3, 0.4) is 0 Å². The molecule has 418 valence electrons. The molecule has 0 N–H and O–H groups in total. The number of hydrogen-bond donors (Lipinski definition) is 0. The van der Waals surface area contributed by atoms with Gasteiger partial charge in [-0.15, -0.1) is 0 Å². The second-order valence-electron chi connectivity index (χ2n) is 19.5. The van der Waals surface area contributed by atoms with Gasteiger partial charge in [-0.1, -0.05) is 289 Å². The van der Waals surface area contributed by atoms with Crippen LogP contribution < -0.4 is 0 Å². The van der Waals surface area contributed by atoms with Crippen molar-refractivity contribution in [2.75, 3.05) is 13.2 Å². The van der Waals surface area contributed by atoms with E-state index in [-0.39, 0.29) is 32.0 Å². The van der Waals surface area contributed by atoms with Crippen LogP contribution in [0.2, 0.25) is 0 Å². The third kappa shape index (κ3) is 58.4. The highest BCUT2D eigenvalue weighted by Gasteiger charge is 2.19. The molecule has 0 aromatic heterocycles. The molecule has 0 aliphatic heterocycles. The zero-order valence-corrected chi connectivity index (χ0v) is 47.8. The summed E-state index contributed by atoms with van der Waals surface area (Å²) in [4.78, 5) is 38.1. The van der Waals surface area contributed by atoms with Crippen LogP contribution in [-0.4, -0.2) is 37.2 Å². The fourth-order valence-corrected chi connectivity index (χ4v) is 8.01. The van der Waals surface area contributed by atoms with Crippen LogP contribution >= 0.6 is 0 Å². The van der Waals surface area contributed by atoms with Gasteiger partial charge in [0.2, 0.25) is 0 Å². The van der Waals surface area contributed by atoms with Gasteiger partial charge in [0.25, 0.3) is 0 Å². The van der Waals surface area contributed by atoms with Gasteiger partial charge >= 0.3 is 17.9 Å². The summed E-state index contributed by atoms with van der Waals surface area (Å²) in [5, 5.41) is 0. The minimum Gasteiger partial charge on any atom is -0.462 e. The lowest BCUT2D eigenvalue weighted by atomic mass is 10.0. The Kier molecular flexibility index (Phi) is 57.4. The van der Waals surface area contributed by atoms with E-state index in [0.717, 1.165) is 89.9 Å². The normalized spacial score (nSPS) is 13.1. The van der Waals surface area contributed by atoms with E-state index in [1.165, 1.54) is 122 Å². The molecule has 0 aliphatic carbocycles. The van der Waals surface area contributed by atoms with Gasteiger partial charge in [-0.25, -0.2) is 0 Å². The van der Waals surface area contributed by atoms with Crippen LogP contribution in [0, 0.1) is 0 Å². The van der Waals surface area contributed by atoms with E-state index >= 15 is 0 Å². The Bertz CT molecular complexity index is 1600. The first-order valence-corrected chi connectivity index (χ1v) is 30.2. The predicted molar refractivity (Wildman–Crippen MR) is 320 cm³/mol. The Hall–Kier alpha value is -4.45. The molecular weight excluding hydrogens is 913 g/mol. The Labute approximate surface area is 455 Å². The Morgan fingerprint density at radius 2 is 0.581 bits per heavy atom. The summed E-state index contributed by atoms with van der Waals surface area (Å²) in [7, 11) is 0. The average molecular weight is 1020 g/mol. The van der Waals surface area contributed by atoms with E-state index in [1.807, 2.05) is 18.2 Å². The van der Waals surface area contributed by atoms with E-state index in [4.69, 9.17) is 14.2 Å². The van der Waals surface area contributed by atoms with Crippen LogP contribution in [0.1, 0.15) is 258 Å². The SMILES string of the molecule is CC/C=C\C/C=C\C/C=C\C/C=C\C/C=C\C/C=C\CCC(=O)OC(COC(=O)C/C=C\C/C=C\C/C=C\C/C=C\C/C=C\CC)COC(=O)CCCCCCCCCCCCCCCCCCCCCCCC. The summed E-state index contributed by atoms with van der Waals surface area (Å²) in [6, 6.07) is 0. The average Bonchev–Trinajstić information content (AvgIpc) is 3.40. The maximum absolute atomic E-state index is 12.8. The summed E-state index contributed by atoms with van der Waals surface area (Å²) >= 11 is 0. The van der Waals surface area contributed by atoms with Gasteiger partial charge in [0.05, 0.1) is 6.42 Å². The van der Waals surface area contributed by atoms with Gasteiger partial charge < -0.3 is 14.2 Å². The van der Waals surface area contributed by atoms with Gasteiger partial charge in [0.15, 0.2) is 6.10 Å². The fourth-order valence-electron chi connectivity index (χ4n) is 8.01. The van der Waals surface area contributed by atoms with Crippen molar-refractivity contribution in [1.29, 1.82) is 0 Å². The molecule has 1 unspecified atom stereocenters. The molecular formula is C68H110O6. The first kappa shape index (κ1) is 69.5. The minimum atomic E-state index is -0.862. The number of rotatable bonds is 53. The van der Waals surface area contributed by atoms with Crippen molar-refractivity contribution in [2.24, 2.45) is 0 Å². The maximum atomic E-state index is 12.8. The number of esters is 3. The molecule has 0 amide bonds. The number of hydrogen-bond acceptors (Lipinski definition) is 6. The van der Waals surface area contributed by atoms with Crippen molar-refractivity contribution < 1.29 is 28.6 Å². The zero-order chi connectivity index (χ0) is 53.6. The molecule has 6 heteroatoms. The van der Waals surface area contributed by atoms with Gasteiger partial charge in [0, 0.05) is 12.8 Å². The van der Waals surface area contributed by atoms with Gasteiger partial charge in [0.1, 0.15) is 13.2 Å². The van der Waals surface area contributed by atoms with Crippen molar-refractivity contribution in [1.82, 2.24) is 0 Å². The van der Waals surface area contributed by atoms with Crippen LogP contribution in [0.5, 0.6) is 0 Å². The largest absolute Gasteiger partial charge is 0.462 e. The lowest BCUT2D eigenvalue weighted by Gasteiger charge is -2.18. The van der Waals surface area contributed by atoms with Crippen LogP contribution in [-0.2, 0) is 28.6 Å². The zero-order valence-electron chi connectivity index (χ0n) is 47.8. The molecule has 0 spiro atoms. The van der Waals surface area contributed by atoms with E-state index in [0.29, 0.717) is 12.8 Å². The smallest absolute Gasteiger partial charge is 0.309 e. The third-order valence-corrected chi connectivity index (χ3v) is 12.4. The van der Waals surface area contributed by atoms with Crippen molar-refractivity contribution in [3.8, 4) is 0 Å². The summed E-state index contributed by atoms with van der Waals surface area (Å²) < 4.78 is 16.7. The van der Waals surface area contributed by atoms with Crippen molar-refractivity contribution in [2.45, 2.75) is 264 Å². The number of ether oxygens (including phenoxy) is 3. The predicted octanol–water partition coefficient (Wildman–Crippen LogP) is 20.6. The first-order chi connectivity index (χ1) is 36.5. The number of unbranched alkanes of at least 4 members (excludes halogenated alkanes) is 21. The van der Waals surface area contributed by atoms with E-state index in [2.05, 4.69) is 130 Å². The lowest BCUT2D eigenvalue weighted by molar-refractivity contribution is -0.166. The van der Waals surface area contributed by atoms with Crippen LogP contribution in [0.25, 0.3) is 0 Å². The summed E-state index contributed by atoms with van der Waals surface area (Å²) in [5.41, 5.74) is 0. The molecule has 0 aromatic carbocycles. The Morgan fingerprint density at radius 3 is 0.919 bits per heavy atom. The Balaban J connectivity index is 4.53. The molecule has 0 saturated heterocycles. The van der Waals surface area contributed by atoms with Gasteiger partial charge in [-0.2, -0.15) is 0 Å². The molecule has 0 fully saturated rings. The van der Waals surface area contributed by atoms with E-state index < -0.39 is 18.0 Å². The number of carbonyl (C=O) groups excluding carboxylic acids is 3. The molecule has 0 bridgehead atoms. The molecule has 0 heterocycles. The second-order valence-corrected chi connectivity index (χ2v) is 19.5. The monoisotopic (exact) mass is 1020 g/mol. The van der Waals surface area contributed by atoms with Gasteiger partial charge in [-0.3, -0.25) is 14.4 Å². The van der Waals surface area contributed by atoms with Crippen molar-refractivity contribution in [3.05, 3.63) is 134 Å². The molecule has 74 heavy (non-hydrogen) atoms. The minimum absolute atomic E-state index is 0.107. The fraction of sp³-hybridized carbons (Fsp3) is 0.632. The molecule has 0 rings (SSSR count). The van der Waals surface area contributed by atoms with Crippen molar-refractivity contribution >= 4 is 17.9 Å². The summed E-state index contributed by atoms with van der Waals surface area (Å²) in [6.45, 7) is 6.27. The molecule has 6 nitrogen and oxygen atoms in total. The first-order valence-electron chi connectivity index (χ1n) is 30.2. The van der Waals surface area contributed by atoms with E-state index in [9.17, 15) is 14.4 Å². The lowest BCUT2D eigenvalue weighted by Crippen LogP contribution is -2.30. The van der Waals surface area contributed by atoms with Crippen molar-refractivity contribution in [3.63, 3.8) is 0 Å². The topological polar surface area (TPSA) is 78.9 Å². The quantitative estimate of drug-likeness (QED) is 0.0261. The standard InChI is InChI=1S/C68H110O6/c1-4-7-10-13-16-19-22-25-28-30-32-33-34-36-37-40-43-46-49-52-55-58-61-67(70)73-64-65(63-72-66(69)60-57-54-51-48-45-42-39-27-24-21-18-15-12-9-6-3)74-68(71)62-59-56-53-50-47-44-41-38-35-31-29-26-23-20-17-14-11-8-5-2/h8-9,11-12,17-18,20-21,26-27,29,35,38-39,44-45,47-48,53-54,56-57,65H,4-7,10,13-16,19,22-25,28,30-34,36-37,40-43,46,49-52,55,58-64H2,1-3H3/b11-8-,12-9-,20-17-,21-18-,29-26-,38-35-,39-27-,47-44-,48-45-,56-53-,57-54-. The molecule has 0 aromatic rings. The molecule has 0 saturated carbocycles. The van der Waals surface area contributed by atoms with E-state index in [1.54, 1.807) is 6.08 Å². The highest BCUT2D eigenvalue weighted by Crippen LogP contribution is 2.16. The summed E-state index contributed by atoms with van der Waals surface area (Å²) in [5.74, 6) is -1.16. The molecule has 1 atom stereocenters. The molecule has 0 aliphatic rings.